The second-order valence-electron chi connectivity index (χ2n) is 4.76. The first-order chi connectivity index (χ1) is 9.08. The maximum atomic E-state index is 12.0. The lowest BCUT2D eigenvalue weighted by Gasteiger charge is -2.25. The number of hydrogen-bond donors (Lipinski definition) is 1. The van der Waals surface area contributed by atoms with Gasteiger partial charge in [0, 0.05) is 6.04 Å². The molecule has 0 radical (unpaired) electrons. The smallest absolute Gasteiger partial charge is 0.313 e. The summed E-state index contributed by atoms with van der Waals surface area (Å²) in [6.07, 6.45) is 1.71. The molecule has 104 valence electrons. The van der Waals surface area contributed by atoms with Gasteiger partial charge < -0.3 is 14.8 Å². The van der Waals surface area contributed by atoms with Gasteiger partial charge in [0.15, 0.2) is 0 Å². The van der Waals surface area contributed by atoms with Crippen molar-refractivity contribution < 1.29 is 14.3 Å². The third-order valence-corrected chi connectivity index (χ3v) is 4.35. The highest BCUT2D eigenvalue weighted by Gasteiger charge is 2.56. The van der Waals surface area contributed by atoms with E-state index in [0.29, 0.717) is 0 Å². The van der Waals surface area contributed by atoms with Gasteiger partial charge in [-0.3, -0.25) is 4.79 Å². The standard InChI is InChI=1S/C14H18BrNO3/c1-16-12(14(6-7-14)13(17)19-3)9-4-5-11(18-2)10(15)8-9/h4-5,8,12,16H,6-7H2,1-3H3. The number of hydrogen-bond acceptors (Lipinski definition) is 4. The lowest BCUT2D eigenvalue weighted by atomic mass is 9.90. The summed E-state index contributed by atoms with van der Waals surface area (Å²) in [6.45, 7) is 0. The fourth-order valence-electron chi connectivity index (χ4n) is 2.57. The van der Waals surface area contributed by atoms with E-state index in [4.69, 9.17) is 9.47 Å². The summed E-state index contributed by atoms with van der Waals surface area (Å²) in [5.41, 5.74) is 0.635. The predicted octanol–water partition coefficient (Wildman–Crippen LogP) is 2.67. The Kier molecular flexibility index (Phi) is 4.16. The lowest BCUT2D eigenvalue weighted by Crippen LogP contribution is -2.33. The minimum atomic E-state index is -0.419. The molecule has 4 nitrogen and oxygen atoms in total. The molecule has 0 aliphatic heterocycles. The molecule has 1 atom stereocenters. The van der Waals surface area contributed by atoms with Gasteiger partial charge in [0.05, 0.1) is 24.1 Å². The summed E-state index contributed by atoms with van der Waals surface area (Å²) in [7, 11) is 4.94. The van der Waals surface area contributed by atoms with Crippen LogP contribution in [0.4, 0.5) is 0 Å². The van der Waals surface area contributed by atoms with Crippen LogP contribution in [0, 0.1) is 5.41 Å². The Balaban J connectivity index is 2.33. The van der Waals surface area contributed by atoms with E-state index < -0.39 is 5.41 Å². The second-order valence-corrected chi connectivity index (χ2v) is 5.62. The highest BCUT2D eigenvalue weighted by Crippen LogP contribution is 2.56. The first-order valence-electron chi connectivity index (χ1n) is 6.18. The van der Waals surface area contributed by atoms with Gasteiger partial charge in [-0.1, -0.05) is 6.07 Å². The summed E-state index contributed by atoms with van der Waals surface area (Å²) in [5.74, 6) is 0.639. The van der Waals surface area contributed by atoms with Crippen molar-refractivity contribution in [2.24, 2.45) is 5.41 Å². The summed E-state index contributed by atoms with van der Waals surface area (Å²) in [4.78, 5) is 12.0. The third-order valence-electron chi connectivity index (χ3n) is 3.73. The van der Waals surface area contributed by atoms with Crippen LogP contribution < -0.4 is 10.1 Å². The van der Waals surface area contributed by atoms with Gasteiger partial charge >= 0.3 is 5.97 Å². The first-order valence-corrected chi connectivity index (χ1v) is 6.97. The first kappa shape index (κ1) is 14.3. The summed E-state index contributed by atoms with van der Waals surface area (Å²) in [5, 5.41) is 3.24. The number of benzene rings is 1. The predicted molar refractivity (Wildman–Crippen MR) is 76.2 cm³/mol. The van der Waals surface area contributed by atoms with E-state index in [0.717, 1.165) is 28.6 Å². The minimum Gasteiger partial charge on any atom is -0.496 e. The topological polar surface area (TPSA) is 47.6 Å². The van der Waals surface area contributed by atoms with Crippen molar-refractivity contribution in [2.45, 2.75) is 18.9 Å². The van der Waals surface area contributed by atoms with E-state index >= 15 is 0 Å². The minimum absolute atomic E-state index is 0.0397. The van der Waals surface area contributed by atoms with Crippen LogP contribution in [0.3, 0.4) is 0 Å². The normalized spacial score (nSPS) is 17.7. The fourth-order valence-corrected chi connectivity index (χ4v) is 3.13. The molecule has 0 spiro atoms. The van der Waals surface area contributed by atoms with Gasteiger partial charge in [0.2, 0.25) is 0 Å². The molecule has 1 aromatic carbocycles. The van der Waals surface area contributed by atoms with Crippen LogP contribution in [0.15, 0.2) is 22.7 Å². The average molecular weight is 328 g/mol. The number of rotatable bonds is 5. The molecule has 1 aromatic rings. The number of carbonyl (C=O) groups excluding carboxylic acids is 1. The molecule has 1 saturated carbocycles. The zero-order valence-electron chi connectivity index (χ0n) is 11.3. The van der Waals surface area contributed by atoms with Crippen molar-refractivity contribution in [2.75, 3.05) is 21.3 Å². The SMILES string of the molecule is CNC(c1ccc(OC)c(Br)c1)C1(C(=O)OC)CC1. The third kappa shape index (κ3) is 2.49. The van der Waals surface area contributed by atoms with Gasteiger partial charge in [0.25, 0.3) is 0 Å². The lowest BCUT2D eigenvalue weighted by molar-refractivity contribution is -0.148. The van der Waals surface area contributed by atoms with Crippen molar-refractivity contribution in [3.05, 3.63) is 28.2 Å². The summed E-state index contributed by atoms with van der Waals surface area (Å²) >= 11 is 3.48. The molecule has 1 unspecified atom stereocenters. The van der Waals surface area contributed by atoms with Crippen molar-refractivity contribution >= 4 is 21.9 Å². The number of carbonyl (C=O) groups is 1. The molecule has 0 heterocycles. The van der Waals surface area contributed by atoms with Crippen LogP contribution in [0.2, 0.25) is 0 Å². The van der Waals surface area contributed by atoms with Gasteiger partial charge in [0.1, 0.15) is 5.75 Å². The zero-order valence-corrected chi connectivity index (χ0v) is 12.9. The summed E-state index contributed by atoms with van der Waals surface area (Å²) < 4.78 is 11.0. The monoisotopic (exact) mass is 327 g/mol. The van der Waals surface area contributed by atoms with Crippen LogP contribution in [-0.4, -0.2) is 27.2 Å². The van der Waals surface area contributed by atoms with E-state index in [1.165, 1.54) is 7.11 Å². The Hall–Kier alpha value is -1.07. The van der Waals surface area contributed by atoms with Crippen LogP contribution in [0.5, 0.6) is 5.75 Å². The Labute approximate surface area is 121 Å². The molecular weight excluding hydrogens is 310 g/mol. The molecule has 1 fully saturated rings. The highest BCUT2D eigenvalue weighted by atomic mass is 79.9. The Morgan fingerprint density at radius 3 is 2.53 bits per heavy atom. The maximum Gasteiger partial charge on any atom is 0.313 e. The molecule has 0 aromatic heterocycles. The molecule has 0 amide bonds. The number of halogens is 1. The van der Waals surface area contributed by atoms with Gasteiger partial charge in [-0.25, -0.2) is 0 Å². The molecule has 0 saturated heterocycles. The van der Waals surface area contributed by atoms with Crippen LogP contribution in [0.1, 0.15) is 24.4 Å². The fraction of sp³-hybridized carbons (Fsp3) is 0.500. The average Bonchev–Trinajstić information content (AvgIpc) is 3.20. The van der Waals surface area contributed by atoms with Gasteiger partial charge in [-0.2, -0.15) is 0 Å². The van der Waals surface area contributed by atoms with Crippen molar-refractivity contribution in [1.29, 1.82) is 0 Å². The molecular formula is C14H18BrNO3. The molecule has 1 aliphatic rings. The Morgan fingerprint density at radius 1 is 1.42 bits per heavy atom. The molecule has 0 bridgehead atoms. The molecule has 2 rings (SSSR count). The summed E-state index contributed by atoms with van der Waals surface area (Å²) in [6, 6.07) is 5.83. The molecule has 5 heteroatoms. The molecule has 19 heavy (non-hydrogen) atoms. The highest BCUT2D eigenvalue weighted by molar-refractivity contribution is 9.10. The van der Waals surface area contributed by atoms with E-state index in [2.05, 4.69) is 21.2 Å². The Bertz CT molecular complexity index is 486. The van der Waals surface area contributed by atoms with E-state index in [1.54, 1.807) is 7.11 Å². The van der Waals surface area contributed by atoms with Crippen LogP contribution in [0.25, 0.3) is 0 Å². The second kappa shape index (κ2) is 5.51. The molecule has 1 N–H and O–H groups in total. The van der Waals surface area contributed by atoms with E-state index in [9.17, 15) is 4.79 Å². The van der Waals surface area contributed by atoms with Crippen molar-refractivity contribution in [1.82, 2.24) is 5.32 Å². The largest absolute Gasteiger partial charge is 0.496 e. The van der Waals surface area contributed by atoms with Gasteiger partial charge in [-0.05, 0) is 53.5 Å². The number of nitrogens with one attached hydrogen (secondary N) is 1. The van der Waals surface area contributed by atoms with E-state index in [-0.39, 0.29) is 12.0 Å². The van der Waals surface area contributed by atoms with Crippen molar-refractivity contribution in [3.63, 3.8) is 0 Å². The van der Waals surface area contributed by atoms with Gasteiger partial charge in [-0.15, -0.1) is 0 Å². The van der Waals surface area contributed by atoms with Crippen LogP contribution >= 0.6 is 15.9 Å². The van der Waals surface area contributed by atoms with Crippen LogP contribution in [-0.2, 0) is 9.53 Å². The van der Waals surface area contributed by atoms with Crippen molar-refractivity contribution in [3.8, 4) is 5.75 Å². The number of methoxy groups -OCH3 is 2. The van der Waals surface area contributed by atoms with E-state index in [1.807, 2.05) is 25.2 Å². The number of esters is 1. The maximum absolute atomic E-state index is 12.0. The zero-order chi connectivity index (χ0) is 14.0. The molecule has 1 aliphatic carbocycles. The quantitative estimate of drug-likeness (QED) is 0.845. The number of ether oxygens (including phenoxy) is 2. The Morgan fingerprint density at radius 2 is 2.11 bits per heavy atom.